The van der Waals surface area contributed by atoms with Crippen LogP contribution in [0.1, 0.15) is 67.2 Å². The average molecular weight is 641 g/mol. The molecule has 5 aliphatic heterocycles. The molecule has 0 aromatic carbocycles. The molecule has 0 aromatic rings. The molecule has 6 aliphatic rings. The number of rotatable bonds is 10. The van der Waals surface area contributed by atoms with E-state index in [1.165, 1.54) is 0 Å². The summed E-state index contributed by atoms with van der Waals surface area (Å²) in [6, 6.07) is 0. The van der Waals surface area contributed by atoms with Gasteiger partial charge in [0.15, 0.2) is 0 Å². The van der Waals surface area contributed by atoms with Gasteiger partial charge in [-0.3, -0.25) is 4.79 Å². The van der Waals surface area contributed by atoms with Crippen LogP contribution < -0.4 is 5.32 Å². The maximum Gasteiger partial charge on any atom is 0.305 e. The molecule has 10 nitrogen and oxygen atoms in total. The molecule has 0 aromatic heterocycles. The van der Waals surface area contributed by atoms with Crippen molar-refractivity contribution in [3.63, 3.8) is 0 Å². The first-order valence-corrected chi connectivity index (χ1v) is 16.5. The highest BCUT2D eigenvalue weighted by molar-refractivity contribution is 6.21. The molecule has 10 heteroatoms. The van der Waals surface area contributed by atoms with Crippen molar-refractivity contribution < 1.29 is 29.6 Å². The Hall–Kier alpha value is -4.12. The van der Waals surface area contributed by atoms with Crippen LogP contribution in [0.5, 0.6) is 0 Å². The minimum Gasteiger partial charge on any atom is -0.511 e. The Morgan fingerprint density at radius 2 is 1.77 bits per heavy atom. The van der Waals surface area contributed by atoms with Crippen molar-refractivity contribution in [2.45, 2.75) is 73.3 Å². The number of aliphatic hydroxyl groups excluding tert-OH is 3. The lowest BCUT2D eigenvalue weighted by Gasteiger charge is -2.17. The number of carbonyl (C=O) groups is 1. The zero-order valence-corrected chi connectivity index (χ0v) is 28.0. The lowest BCUT2D eigenvalue weighted by molar-refractivity contribution is -0.145. The van der Waals surface area contributed by atoms with Gasteiger partial charge in [0.25, 0.3) is 0 Å². The molecule has 3 atom stereocenters. The number of nitrogens with zero attached hydrogens (tertiary/aromatic N) is 3. The second kappa shape index (κ2) is 13.2. The Labute approximate surface area is 275 Å². The zero-order chi connectivity index (χ0) is 33.6. The molecule has 0 saturated carbocycles. The van der Waals surface area contributed by atoms with Crippen LogP contribution in [0.2, 0.25) is 0 Å². The van der Waals surface area contributed by atoms with Crippen LogP contribution >= 0.6 is 0 Å². The van der Waals surface area contributed by atoms with Gasteiger partial charge in [-0.1, -0.05) is 13.8 Å². The first kappa shape index (κ1) is 32.8. The first-order valence-electron chi connectivity index (χ1n) is 16.5. The summed E-state index contributed by atoms with van der Waals surface area (Å²) in [4.78, 5) is 27.9. The molecule has 1 aliphatic carbocycles. The molecular formula is C37H44N4O6. The predicted octanol–water partition coefficient (Wildman–Crippen LogP) is 5.37. The van der Waals surface area contributed by atoms with E-state index in [-0.39, 0.29) is 56.4 Å². The average Bonchev–Trinajstić information content (AvgIpc) is 3.78. The van der Waals surface area contributed by atoms with Crippen LogP contribution in [0.4, 0.5) is 0 Å². The lowest BCUT2D eigenvalue weighted by Crippen LogP contribution is -2.17. The van der Waals surface area contributed by atoms with E-state index in [2.05, 4.69) is 26.1 Å². The highest BCUT2D eigenvalue weighted by Gasteiger charge is 2.41. The summed E-state index contributed by atoms with van der Waals surface area (Å²) in [5.74, 6) is -0.102. The first-order chi connectivity index (χ1) is 22.5. The Balaban J connectivity index is 1.45. The van der Waals surface area contributed by atoms with Gasteiger partial charge in [0.05, 0.1) is 60.2 Å². The van der Waals surface area contributed by atoms with Crippen LogP contribution in [0.25, 0.3) is 0 Å². The van der Waals surface area contributed by atoms with Gasteiger partial charge in [-0.25, -0.2) is 15.0 Å². The van der Waals surface area contributed by atoms with Gasteiger partial charge in [0, 0.05) is 52.8 Å². The number of carbonyl (C=O) groups excluding carboxylic acids is 1. The smallest absolute Gasteiger partial charge is 0.305 e. The quantitative estimate of drug-likeness (QED) is 0.186. The highest BCUT2D eigenvalue weighted by atomic mass is 16.6. The maximum atomic E-state index is 12.7. The van der Waals surface area contributed by atoms with Crippen molar-refractivity contribution in [3.05, 3.63) is 91.5 Å². The van der Waals surface area contributed by atoms with Crippen molar-refractivity contribution in [2.75, 3.05) is 26.4 Å². The fourth-order valence-corrected chi connectivity index (χ4v) is 7.38. The molecule has 0 amide bonds. The summed E-state index contributed by atoms with van der Waals surface area (Å²) in [5.41, 5.74) is 13.0. The molecule has 0 spiro atoms. The van der Waals surface area contributed by atoms with Crippen LogP contribution in [0.15, 0.2) is 106 Å². The summed E-state index contributed by atoms with van der Waals surface area (Å²) in [5, 5.41) is 34.7. The molecule has 8 bridgehead atoms. The lowest BCUT2D eigenvalue weighted by atomic mass is 9.86. The summed E-state index contributed by atoms with van der Waals surface area (Å²) >= 11 is 0. The van der Waals surface area contributed by atoms with E-state index in [1.54, 1.807) is 6.92 Å². The van der Waals surface area contributed by atoms with E-state index >= 15 is 0 Å². The fourth-order valence-electron chi connectivity index (χ4n) is 7.38. The van der Waals surface area contributed by atoms with E-state index in [9.17, 15) is 15.0 Å². The zero-order valence-electron chi connectivity index (χ0n) is 28.0. The molecule has 5 heterocycles. The van der Waals surface area contributed by atoms with Gasteiger partial charge in [-0.2, -0.15) is 0 Å². The van der Waals surface area contributed by atoms with Gasteiger partial charge in [0.1, 0.15) is 12.4 Å². The van der Waals surface area contributed by atoms with E-state index in [0.717, 1.165) is 85.4 Å². The molecule has 0 radical (unpaired) electrons. The van der Waals surface area contributed by atoms with Crippen molar-refractivity contribution >= 4 is 23.1 Å². The second-order valence-electron chi connectivity index (χ2n) is 12.8. The van der Waals surface area contributed by atoms with Crippen LogP contribution in [0, 0.1) is 11.8 Å². The van der Waals surface area contributed by atoms with Gasteiger partial charge in [-0.15, -0.1) is 0 Å². The minimum absolute atomic E-state index is 0.00563. The Morgan fingerprint density at radius 1 is 1.02 bits per heavy atom. The largest absolute Gasteiger partial charge is 0.511 e. The molecule has 6 rings (SSSR count). The number of nitrogens with one attached hydrogen (secondary N) is 1. The van der Waals surface area contributed by atoms with Gasteiger partial charge >= 0.3 is 5.97 Å². The summed E-state index contributed by atoms with van der Waals surface area (Å²) in [7, 11) is 0. The molecule has 47 heavy (non-hydrogen) atoms. The van der Waals surface area contributed by atoms with Gasteiger partial charge in [0.2, 0.25) is 0 Å². The van der Waals surface area contributed by atoms with Crippen molar-refractivity contribution in [1.29, 1.82) is 0 Å². The number of aliphatic hydroxyl groups is 3. The molecule has 1 saturated heterocycles. The minimum atomic E-state index is -0.723. The van der Waals surface area contributed by atoms with Gasteiger partial charge in [-0.05, 0) is 81.1 Å². The SMILES string of the molecule is CCC1=C(C)C2=NC1=CC1=C(C)C3=C(O)CC(=C4NC(=CC5=NC(=C2)C(C(C)O)=C5C)[C@@H](C)[C@@H]4CCC(=O)OCCOCCO)C3=N1. The van der Waals surface area contributed by atoms with Crippen LogP contribution in [-0.2, 0) is 14.3 Å². The van der Waals surface area contributed by atoms with E-state index in [4.69, 9.17) is 29.6 Å². The van der Waals surface area contributed by atoms with E-state index in [0.29, 0.717) is 18.5 Å². The van der Waals surface area contributed by atoms with Gasteiger partial charge < -0.3 is 30.1 Å². The number of allylic oxidation sites excluding steroid dienone is 11. The van der Waals surface area contributed by atoms with E-state index in [1.807, 2.05) is 32.1 Å². The van der Waals surface area contributed by atoms with Crippen LogP contribution in [-0.4, -0.2) is 71.0 Å². The number of hydrogen-bond acceptors (Lipinski definition) is 10. The monoisotopic (exact) mass is 640 g/mol. The Morgan fingerprint density at radius 3 is 2.49 bits per heavy atom. The second-order valence-corrected chi connectivity index (χ2v) is 12.8. The number of aliphatic imine (C=N–C) groups is 3. The predicted molar refractivity (Wildman–Crippen MR) is 182 cm³/mol. The Kier molecular flexibility index (Phi) is 9.20. The number of esters is 1. The summed E-state index contributed by atoms with van der Waals surface area (Å²) in [6.45, 7) is 12.5. The highest BCUT2D eigenvalue weighted by Crippen LogP contribution is 2.46. The Bertz CT molecular complexity index is 1770. The standard InChI is InChI=1S/C37H44N4O6/c1-7-23-18(2)26-17-31-34(22(6)43)20(4)28(39-31)15-27-19(3)24(8-9-33(45)47-13-12-46-11-10-42)36(40-27)25-14-32(44)35-21(5)29(41-37(25)35)16-30(23)38-26/h15-17,19,22,24,40,42-44H,7-14H2,1-6H3/t19-,22?,24-/m0/s1. The molecular weight excluding hydrogens is 596 g/mol. The number of hydrogen-bond donors (Lipinski definition) is 4. The van der Waals surface area contributed by atoms with Crippen LogP contribution in [0.3, 0.4) is 0 Å². The van der Waals surface area contributed by atoms with Crippen molar-refractivity contribution in [3.8, 4) is 0 Å². The molecule has 1 unspecified atom stereocenters. The third-order valence-electron chi connectivity index (χ3n) is 9.90. The number of fused-ring (bicyclic) bond motifs is 5. The third kappa shape index (κ3) is 5.94. The number of ether oxygens (including phenoxy) is 2. The summed E-state index contributed by atoms with van der Waals surface area (Å²) < 4.78 is 10.6. The normalized spacial score (nSPS) is 24.1. The molecule has 4 N–H and O–H groups in total. The summed E-state index contributed by atoms with van der Waals surface area (Å²) in [6.07, 6.45) is 7.18. The van der Waals surface area contributed by atoms with Crippen molar-refractivity contribution in [2.24, 2.45) is 26.8 Å². The fraction of sp³-hybridized carbons (Fsp3) is 0.459. The topological polar surface area (TPSA) is 145 Å². The third-order valence-corrected chi connectivity index (χ3v) is 9.90. The molecule has 248 valence electrons. The van der Waals surface area contributed by atoms with E-state index < -0.39 is 6.10 Å². The van der Waals surface area contributed by atoms with Crippen molar-refractivity contribution in [1.82, 2.24) is 5.32 Å². The maximum absolute atomic E-state index is 12.7. The molecule has 1 fully saturated rings.